The molecule has 0 aliphatic rings. The molecule has 4 nitrogen and oxygen atoms in total. The lowest BCUT2D eigenvalue weighted by Crippen LogP contribution is -2.11. The predicted octanol–water partition coefficient (Wildman–Crippen LogP) is 5.27. The minimum atomic E-state index is -0.0194. The molecule has 0 spiro atoms. The van der Waals surface area contributed by atoms with Crippen molar-refractivity contribution in [1.29, 1.82) is 0 Å². The highest BCUT2D eigenvalue weighted by molar-refractivity contribution is 7.99. The van der Waals surface area contributed by atoms with Crippen LogP contribution in [0.1, 0.15) is 12.0 Å². The van der Waals surface area contributed by atoms with E-state index in [4.69, 9.17) is 0 Å². The zero-order valence-electron chi connectivity index (χ0n) is 14.2. The number of hydrogen-bond donors (Lipinski definition) is 1. The van der Waals surface area contributed by atoms with E-state index in [9.17, 15) is 4.79 Å². The number of thiazole rings is 1. The summed E-state index contributed by atoms with van der Waals surface area (Å²) in [6.45, 7) is 2.05. The molecule has 4 rings (SSSR count). The van der Waals surface area contributed by atoms with E-state index in [1.165, 1.54) is 16.9 Å². The number of nitrogens with zero attached hydrogens (tertiary/aromatic N) is 2. The third-order valence-electron chi connectivity index (χ3n) is 3.94. The van der Waals surface area contributed by atoms with Gasteiger partial charge < -0.3 is 5.32 Å². The topological polar surface area (TPSA) is 54.9 Å². The monoisotopic (exact) mass is 379 g/mol. The first kappa shape index (κ1) is 17.0. The summed E-state index contributed by atoms with van der Waals surface area (Å²) in [5.41, 5.74) is 3.09. The number of carbonyl (C=O) groups is 1. The average Bonchev–Trinajstić information content (AvgIpc) is 3.02. The molecule has 0 unspecified atom stereocenters. The smallest absolute Gasteiger partial charge is 0.226 e. The molecule has 2 heterocycles. The molecule has 0 aliphatic carbocycles. The molecule has 6 heteroatoms. The molecule has 0 radical (unpaired) electrons. The first-order valence-electron chi connectivity index (χ1n) is 8.33. The highest BCUT2D eigenvalue weighted by Gasteiger charge is 2.08. The van der Waals surface area contributed by atoms with E-state index in [-0.39, 0.29) is 5.91 Å². The number of thioether (sulfide) groups is 1. The quantitative estimate of drug-likeness (QED) is 0.480. The largest absolute Gasteiger partial charge is 0.302 e. The maximum Gasteiger partial charge on any atom is 0.226 e. The minimum absolute atomic E-state index is 0.0194. The predicted molar refractivity (Wildman–Crippen MR) is 110 cm³/mol. The highest BCUT2D eigenvalue weighted by Crippen LogP contribution is 2.27. The fraction of sp³-hybridized carbons (Fsp3) is 0.150. The molecule has 0 saturated carbocycles. The number of pyridine rings is 1. The molecular formula is C20H17N3OS2. The van der Waals surface area contributed by atoms with Crippen LogP contribution in [-0.4, -0.2) is 21.6 Å². The van der Waals surface area contributed by atoms with E-state index in [1.54, 1.807) is 11.8 Å². The van der Waals surface area contributed by atoms with Crippen molar-refractivity contribution < 1.29 is 4.79 Å². The van der Waals surface area contributed by atoms with Gasteiger partial charge in [-0.2, -0.15) is 0 Å². The Bertz CT molecular complexity index is 1090. The second-order valence-electron chi connectivity index (χ2n) is 5.98. The van der Waals surface area contributed by atoms with Gasteiger partial charge in [0.1, 0.15) is 0 Å². The number of nitrogens with one attached hydrogen (secondary N) is 1. The van der Waals surface area contributed by atoms with Gasteiger partial charge in [0.2, 0.25) is 5.91 Å². The van der Waals surface area contributed by atoms with E-state index in [0.717, 1.165) is 26.1 Å². The molecule has 0 atom stereocenters. The second-order valence-corrected chi connectivity index (χ2v) is 8.12. The van der Waals surface area contributed by atoms with Crippen molar-refractivity contribution in [1.82, 2.24) is 9.97 Å². The Balaban J connectivity index is 1.34. The van der Waals surface area contributed by atoms with Gasteiger partial charge in [0, 0.05) is 17.6 Å². The summed E-state index contributed by atoms with van der Waals surface area (Å²) in [7, 11) is 0. The van der Waals surface area contributed by atoms with Gasteiger partial charge in [-0.1, -0.05) is 41.7 Å². The number of aromatic nitrogens is 2. The molecule has 4 aromatic rings. The Kier molecular flexibility index (Phi) is 4.86. The maximum atomic E-state index is 12.2. The van der Waals surface area contributed by atoms with Crippen molar-refractivity contribution in [2.24, 2.45) is 0 Å². The van der Waals surface area contributed by atoms with Gasteiger partial charge in [0.25, 0.3) is 0 Å². The number of aryl methyl sites for hydroxylation is 1. The van der Waals surface area contributed by atoms with Crippen molar-refractivity contribution in [3.63, 3.8) is 0 Å². The van der Waals surface area contributed by atoms with Crippen LogP contribution in [0.3, 0.4) is 0 Å². The third-order valence-corrected chi connectivity index (χ3v) is 5.81. The van der Waals surface area contributed by atoms with E-state index in [1.807, 2.05) is 42.5 Å². The van der Waals surface area contributed by atoms with Crippen LogP contribution in [0.15, 0.2) is 59.6 Å². The first-order valence-corrected chi connectivity index (χ1v) is 10.1. The minimum Gasteiger partial charge on any atom is -0.302 e. The van der Waals surface area contributed by atoms with Crippen LogP contribution in [0.5, 0.6) is 0 Å². The number of hydrogen-bond acceptors (Lipinski definition) is 5. The Hall–Kier alpha value is -2.44. The molecule has 1 N–H and O–H groups in total. The van der Waals surface area contributed by atoms with Crippen molar-refractivity contribution in [2.45, 2.75) is 18.4 Å². The lowest BCUT2D eigenvalue weighted by Gasteiger charge is -2.03. The molecule has 0 saturated heterocycles. The number of para-hydroxylation sites is 1. The van der Waals surface area contributed by atoms with Gasteiger partial charge in [-0.25, -0.2) is 9.97 Å². The van der Waals surface area contributed by atoms with Crippen molar-refractivity contribution in [2.75, 3.05) is 11.1 Å². The Labute approximate surface area is 159 Å². The number of amides is 1. The van der Waals surface area contributed by atoms with E-state index in [0.29, 0.717) is 17.3 Å². The van der Waals surface area contributed by atoms with Crippen molar-refractivity contribution >= 4 is 55.3 Å². The van der Waals surface area contributed by atoms with Crippen LogP contribution in [0.2, 0.25) is 0 Å². The normalized spacial score (nSPS) is 11.1. The SMILES string of the molecule is Cc1ccc2nc(NC(=O)CCSc3ccc4ccccc4n3)sc2c1. The maximum absolute atomic E-state index is 12.2. The van der Waals surface area contributed by atoms with Gasteiger partial charge in [-0.3, -0.25) is 4.79 Å². The Morgan fingerprint density at radius 3 is 2.88 bits per heavy atom. The average molecular weight is 380 g/mol. The molecule has 26 heavy (non-hydrogen) atoms. The first-order chi connectivity index (χ1) is 12.7. The van der Waals surface area contributed by atoms with Gasteiger partial charge in [-0.05, 0) is 36.8 Å². The lowest BCUT2D eigenvalue weighted by molar-refractivity contribution is -0.115. The molecule has 2 aromatic carbocycles. The van der Waals surface area contributed by atoms with E-state index in [2.05, 4.69) is 34.3 Å². The fourth-order valence-corrected chi connectivity index (χ4v) is 4.45. The molecule has 2 aromatic heterocycles. The van der Waals surface area contributed by atoms with Crippen LogP contribution in [0.25, 0.3) is 21.1 Å². The zero-order valence-corrected chi connectivity index (χ0v) is 15.9. The summed E-state index contributed by atoms with van der Waals surface area (Å²) in [6, 6.07) is 18.2. The Morgan fingerprint density at radius 2 is 1.96 bits per heavy atom. The zero-order chi connectivity index (χ0) is 17.9. The number of rotatable bonds is 5. The van der Waals surface area contributed by atoms with Gasteiger partial charge in [0.05, 0.1) is 20.8 Å². The van der Waals surface area contributed by atoms with Crippen LogP contribution >= 0.6 is 23.1 Å². The van der Waals surface area contributed by atoms with Gasteiger partial charge in [-0.15, -0.1) is 11.8 Å². The lowest BCUT2D eigenvalue weighted by atomic mass is 10.2. The van der Waals surface area contributed by atoms with Crippen LogP contribution < -0.4 is 5.32 Å². The highest BCUT2D eigenvalue weighted by atomic mass is 32.2. The van der Waals surface area contributed by atoms with Crippen LogP contribution in [0.4, 0.5) is 5.13 Å². The molecule has 1 amide bonds. The summed E-state index contributed by atoms with van der Waals surface area (Å²) in [6.07, 6.45) is 0.425. The molecule has 0 bridgehead atoms. The standard InChI is InChI=1S/C20H17N3OS2/c1-13-6-8-16-17(12-13)26-20(22-16)23-18(24)10-11-25-19-9-7-14-4-2-3-5-15(14)21-19/h2-9,12H,10-11H2,1H3,(H,22,23,24). The summed E-state index contributed by atoms with van der Waals surface area (Å²) >= 11 is 3.10. The van der Waals surface area contributed by atoms with Crippen molar-refractivity contribution in [3.8, 4) is 0 Å². The fourth-order valence-electron chi connectivity index (χ4n) is 2.64. The van der Waals surface area contributed by atoms with Gasteiger partial charge >= 0.3 is 0 Å². The molecule has 0 fully saturated rings. The third kappa shape index (κ3) is 3.86. The number of benzene rings is 2. The van der Waals surface area contributed by atoms with Gasteiger partial charge in [0.15, 0.2) is 5.13 Å². The number of anilines is 1. The summed E-state index contributed by atoms with van der Waals surface area (Å²) in [5.74, 6) is 0.662. The van der Waals surface area contributed by atoms with E-state index < -0.39 is 0 Å². The molecular weight excluding hydrogens is 362 g/mol. The van der Waals surface area contributed by atoms with Crippen LogP contribution in [0, 0.1) is 6.92 Å². The number of carbonyl (C=O) groups excluding carboxylic acids is 1. The summed E-state index contributed by atoms with van der Waals surface area (Å²) in [4.78, 5) is 21.3. The van der Waals surface area contributed by atoms with E-state index >= 15 is 0 Å². The summed E-state index contributed by atoms with van der Waals surface area (Å²) < 4.78 is 1.09. The molecule has 0 aliphatic heterocycles. The molecule has 130 valence electrons. The Morgan fingerprint density at radius 1 is 1.08 bits per heavy atom. The number of fused-ring (bicyclic) bond motifs is 2. The second kappa shape index (κ2) is 7.43. The van der Waals surface area contributed by atoms with Crippen LogP contribution in [-0.2, 0) is 4.79 Å². The summed E-state index contributed by atoms with van der Waals surface area (Å²) in [5, 5.41) is 5.62. The van der Waals surface area contributed by atoms with Crippen molar-refractivity contribution in [3.05, 3.63) is 60.2 Å².